The Balaban J connectivity index is 2.02. The van der Waals surface area contributed by atoms with Gasteiger partial charge in [0.1, 0.15) is 10.7 Å². The van der Waals surface area contributed by atoms with E-state index < -0.39 is 10.0 Å². The second-order valence-corrected chi connectivity index (χ2v) is 5.58. The average molecular weight is 278 g/mol. The van der Waals surface area contributed by atoms with E-state index in [2.05, 4.69) is 10.3 Å². The topological polar surface area (TPSA) is 111 Å². The first kappa shape index (κ1) is 13.3. The van der Waals surface area contributed by atoms with Crippen LogP contribution in [-0.2, 0) is 16.6 Å². The van der Waals surface area contributed by atoms with Gasteiger partial charge in [0.25, 0.3) is 0 Å². The molecule has 0 aliphatic heterocycles. The van der Waals surface area contributed by atoms with Crippen LogP contribution >= 0.6 is 0 Å². The summed E-state index contributed by atoms with van der Waals surface area (Å²) in [6.07, 6.45) is 1.22. The Labute approximate surface area is 111 Å². The molecule has 0 atom stereocenters. The fourth-order valence-corrected chi connectivity index (χ4v) is 1.94. The number of nitrogen functional groups attached to an aromatic ring is 1. The summed E-state index contributed by atoms with van der Waals surface area (Å²) in [5.74, 6) is 0.573. The van der Waals surface area contributed by atoms with Gasteiger partial charge >= 0.3 is 0 Å². The molecule has 0 saturated heterocycles. The first-order valence-corrected chi connectivity index (χ1v) is 7.07. The number of sulfonamides is 1. The number of nitrogens with zero attached hydrogens (tertiary/aromatic N) is 1. The van der Waals surface area contributed by atoms with Crippen molar-refractivity contribution >= 4 is 21.5 Å². The van der Waals surface area contributed by atoms with Crippen LogP contribution in [0.25, 0.3) is 0 Å². The number of nitrogens with two attached hydrogens (primary N) is 2. The van der Waals surface area contributed by atoms with Crippen LogP contribution < -0.4 is 16.2 Å². The van der Waals surface area contributed by atoms with Crippen molar-refractivity contribution in [3.8, 4) is 0 Å². The normalized spacial score (nSPS) is 11.2. The van der Waals surface area contributed by atoms with E-state index in [1.165, 1.54) is 12.3 Å². The molecule has 0 amide bonds. The standard InChI is InChI=1S/C12H14N4O2S/c13-10-3-1-9(2-4-10)7-15-12-6-5-11(8-16-12)19(14,17)18/h1-6,8H,7,13H2,(H,15,16)(H2,14,17,18). The van der Waals surface area contributed by atoms with E-state index >= 15 is 0 Å². The summed E-state index contributed by atoms with van der Waals surface area (Å²) in [5.41, 5.74) is 7.35. The fourth-order valence-electron chi connectivity index (χ4n) is 1.48. The number of hydrogen-bond donors (Lipinski definition) is 3. The molecular weight excluding hydrogens is 264 g/mol. The molecule has 6 nitrogen and oxygen atoms in total. The lowest BCUT2D eigenvalue weighted by atomic mass is 10.2. The lowest BCUT2D eigenvalue weighted by Gasteiger charge is -2.06. The number of primary sulfonamides is 1. The molecule has 1 aromatic heterocycles. The van der Waals surface area contributed by atoms with E-state index in [1.54, 1.807) is 6.07 Å². The van der Waals surface area contributed by atoms with Gasteiger partial charge in [0.15, 0.2) is 0 Å². The number of aromatic nitrogens is 1. The Morgan fingerprint density at radius 2 is 1.79 bits per heavy atom. The minimum absolute atomic E-state index is 0.00876. The highest BCUT2D eigenvalue weighted by molar-refractivity contribution is 7.89. The fraction of sp³-hybridized carbons (Fsp3) is 0.0833. The first-order valence-electron chi connectivity index (χ1n) is 5.52. The maximum Gasteiger partial charge on any atom is 0.239 e. The van der Waals surface area contributed by atoms with Crippen LogP contribution in [0.5, 0.6) is 0 Å². The number of hydrogen-bond acceptors (Lipinski definition) is 5. The summed E-state index contributed by atoms with van der Waals surface area (Å²) >= 11 is 0. The van der Waals surface area contributed by atoms with Gasteiger partial charge in [-0.15, -0.1) is 0 Å². The number of rotatable bonds is 4. The Morgan fingerprint density at radius 3 is 2.32 bits per heavy atom. The number of pyridine rings is 1. The van der Waals surface area contributed by atoms with Gasteiger partial charge < -0.3 is 11.1 Å². The van der Waals surface area contributed by atoms with Gasteiger partial charge in [0, 0.05) is 18.4 Å². The smallest absolute Gasteiger partial charge is 0.239 e. The van der Waals surface area contributed by atoms with Crippen LogP contribution in [0.4, 0.5) is 11.5 Å². The molecular formula is C12H14N4O2S. The Kier molecular flexibility index (Phi) is 3.68. The molecule has 0 radical (unpaired) electrons. The molecule has 0 fully saturated rings. The lowest BCUT2D eigenvalue weighted by molar-refractivity contribution is 0.597. The van der Waals surface area contributed by atoms with Gasteiger partial charge in [-0.05, 0) is 29.8 Å². The van der Waals surface area contributed by atoms with E-state index in [0.717, 1.165) is 5.56 Å². The van der Waals surface area contributed by atoms with E-state index in [0.29, 0.717) is 18.1 Å². The SMILES string of the molecule is Nc1ccc(CNc2ccc(S(N)(=O)=O)cn2)cc1. The summed E-state index contributed by atoms with van der Waals surface area (Å²) in [7, 11) is -3.70. The molecule has 5 N–H and O–H groups in total. The predicted octanol–water partition coefficient (Wildman–Crippen LogP) is 0.923. The molecule has 7 heteroatoms. The molecule has 0 aliphatic rings. The molecule has 19 heavy (non-hydrogen) atoms. The summed E-state index contributed by atoms with van der Waals surface area (Å²) in [5, 5.41) is 8.06. The molecule has 1 heterocycles. The highest BCUT2D eigenvalue weighted by Gasteiger charge is 2.07. The van der Waals surface area contributed by atoms with Crippen molar-refractivity contribution in [2.45, 2.75) is 11.4 Å². The summed E-state index contributed by atoms with van der Waals surface area (Å²) in [6.45, 7) is 0.571. The van der Waals surface area contributed by atoms with Crippen LogP contribution in [0, 0.1) is 0 Å². The van der Waals surface area contributed by atoms with Crippen molar-refractivity contribution in [2.75, 3.05) is 11.1 Å². The molecule has 0 unspecified atom stereocenters. The second-order valence-electron chi connectivity index (χ2n) is 4.02. The molecule has 100 valence electrons. The summed E-state index contributed by atoms with van der Waals surface area (Å²) < 4.78 is 22.1. The van der Waals surface area contributed by atoms with Gasteiger partial charge in [-0.25, -0.2) is 18.5 Å². The van der Waals surface area contributed by atoms with Crippen molar-refractivity contribution in [2.24, 2.45) is 5.14 Å². The maximum absolute atomic E-state index is 11.1. The van der Waals surface area contributed by atoms with E-state index in [1.807, 2.05) is 24.3 Å². The third-order valence-corrected chi connectivity index (χ3v) is 3.42. The summed E-state index contributed by atoms with van der Waals surface area (Å²) in [6, 6.07) is 10.4. The maximum atomic E-state index is 11.1. The zero-order chi connectivity index (χ0) is 13.9. The number of benzene rings is 1. The van der Waals surface area contributed by atoms with Gasteiger partial charge in [0.05, 0.1) is 0 Å². The van der Waals surface area contributed by atoms with Gasteiger partial charge in [-0.2, -0.15) is 0 Å². The van der Waals surface area contributed by atoms with Crippen molar-refractivity contribution < 1.29 is 8.42 Å². The zero-order valence-corrected chi connectivity index (χ0v) is 10.9. The molecule has 0 saturated carbocycles. The molecule has 0 aliphatic carbocycles. The van der Waals surface area contributed by atoms with Gasteiger partial charge in [0.2, 0.25) is 10.0 Å². The van der Waals surface area contributed by atoms with Gasteiger partial charge in [-0.3, -0.25) is 0 Å². The number of nitrogens with one attached hydrogen (secondary N) is 1. The van der Waals surface area contributed by atoms with Gasteiger partial charge in [-0.1, -0.05) is 12.1 Å². The first-order chi connectivity index (χ1) is 8.95. The van der Waals surface area contributed by atoms with Crippen LogP contribution in [0.15, 0.2) is 47.5 Å². The van der Waals surface area contributed by atoms with Crippen LogP contribution in [0.2, 0.25) is 0 Å². The molecule has 1 aromatic carbocycles. The van der Waals surface area contributed by atoms with Crippen molar-refractivity contribution in [3.63, 3.8) is 0 Å². The third-order valence-electron chi connectivity index (χ3n) is 2.52. The largest absolute Gasteiger partial charge is 0.399 e. The Hall–Kier alpha value is -2.12. The lowest BCUT2D eigenvalue weighted by Crippen LogP contribution is -2.12. The van der Waals surface area contributed by atoms with Crippen molar-refractivity contribution in [3.05, 3.63) is 48.2 Å². The summed E-state index contributed by atoms with van der Waals surface area (Å²) in [4.78, 5) is 3.97. The second kappa shape index (κ2) is 5.25. The highest BCUT2D eigenvalue weighted by atomic mass is 32.2. The van der Waals surface area contributed by atoms with Crippen LogP contribution in [0.1, 0.15) is 5.56 Å². The minimum atomic E-state index is -3.70. The highest BCUT2D eigenvalue weighted by Crippen LogP contribution is 2.11. The van der Waals surface area contributed by atoms with E-state index in [4.69, 9.17) is 10.9 Å². The molecule has 0 spiro atoms. The monoisotopic (exact) mass is 278 g/mol. The molecule has 2 aromatic rings. The van der Waals surface area contributed by atoms with E-state index in [9.17, 15) is 8.42 Å². The van der Waals surface area contributed by atoms with Crippen LogP contribution in [-0.4, -0.2) is 13.4 Å². The van der Waals surface area contributed by atoms with Crippen LogP contribution in [0.3, 0.4) is 0 Å². The zero-order valence-electron chi connectivity index (χ0n) is 10.1. The minimum Gasteiger partial charge on any atom is -0.399 e. The Bertz CT molecular complexity index is 651. The van der Waals surface area contributed by atoms with E-state index in [-0.39, 0.29) is 4.90 Å². The quantitative estimate of drug-likeness (QED) is 0.720. The van der Waals surface area contributed by atoms with Crippen molar-refractivity contribution in [1.82, 2.24) is 4.98 Å². The third kappa shape index (κ3) is 3.67. The number of anilines is 2. The predicted molar refractivity (Wildman–Crippen MR) is 73.8 cm³/mol. The molecule has 2 rings (SSSR count). The average Bonchev–Trinajstić information content (AvgIpc) is 2.37. The Morgan fingerprint density at radius 1 is 1.11 bits per heavy atom. The molecule has 0 bridgehead atoms. The van der Waals surface area contributed by atoms with Crippen molar-refractivity contribution in [1.29, 1.82) is 0 Å².